The molecule has 2 rings (SSSR count). The van der Waals surface area contributed by atoms with Gasteiger partial charge in [0.25, 0.3) is 0 Å². The van der Waals surface area contributed by atoms with Crippen LogP contribution in [0.15, 0.2) is 36.4 Å². The predicted molar refractivity (Wildman–Crippen MR) is 80.7 cm³/mol. The molecule has 0 fully saturated rings. The first-order valence-electron chi connectivity index (χ1n) is 6.81. The minimum absolute atomic E-state index is 0.207. The van der Waals surface area contributed by atoms with Gasteiger partial charge in [-0.25, -0.2) is 4.39 Å². The number of halogens is 1. The van der Waals surface area contributed by atoms with Crippen molar-refractivity contribution in [3.8, 4) is 5.75 Å². The summed E-state index contributed by atoms with van der Waals surface area (Å²) in [6.45, 7) is 7.11. The van der Waals surface area contributed by atoms with E-state index in [4.69, 9.17) is 0 Å². The highest BCUT2D eigenvalue weighted by Crippen LogP contribution is 2.26. The van der Waals surface area contributed by atoms with Gasteiger partial charge in [-0.15, -0.1) is 0 Å². The molecule has 2 aromatic rings. The summed E-state index contributed by atoms with van der Waals surface area (Å²) in [5.41, 5.74) is 3.38. The number of aryl methyl sites for hydroxylation is 2. The minimum atomic E-state index is -0.207. The Labute approximate surface area is 119 Å². The summed E-state index contributed by atoms with van der Waals surface area (Å²) < 4.78 is 13.9. The molecule has 0 heterocycles. The van der Waals surface area contributed by atoms with Crippen molar-refractivity contribution in [1.82, 2.24) is 0 Å². The van der Waals surface area contributed by atoms with Gasteiger partial charge in [0.05, 0.1) is 5.69 Å². The van der Waals surface area contributed by atoms with Crippen molar-refractivity contribution in [3.05, 3.63) is 58.9 Å². The lowest BCUT2D eigenvalue weighted by Gasteiger charge is -2.24. The summed E-state index contributed by atoms with van der Waals surface area (Å²) in [7, 11) is 0. The fourth-order valence-electron chi connectivity index (χ4n) is 2.43. The maximum atomic E-state index is 13.9. The predicted octanol–water partition coefficient (Wildman–Crippen LogP) is 4.17. The first-order chi connectivity index (χ1) is 9.52. The lowest BCUT2D eigenvalue weighted by molar-refractivity contribution is 0.466. The van der Waals surface area contributed by atoms with Gasteiger partial charge in [0, 0.05) is 13.1 Å². The lowest BCUT2D eigenvalue weighted by atomic mass is 10.1. The average molecular weight is 273 g/mol. The Morgan fingerprint density at radius 3 is 2.25 bits per heavy atom. The Bertz CT molecular complexity index is 587. The molecule has 0 spiro atoms. The van der Waals surface area contributed by atoms with Crippen LogP contribution in [-0.2, 0) is 6.54 Å². The largest absolute Gasteiger partial charge is 0.507 e. The molecule has 0 radical (unpaired) electrons. The van der Waals surface area contributed by atoms with Crippen LogP contribution in [0.25, 0.3) is 0 Å². The number of benzene rings is 2. The zero-order valence-electron chi connectivity index (χ0n) is 12.2. The summed E-state index contributed by atoms with van der Waals surface area (Å²) in [5.74, 6) is 0.129. The van der Waals surface area contributed by atoms with Crippen molar-refractivity contribution in [2.75, 3.05) is 11.4 Å². The van der Waals surface area contributed by atoms with E-state index >= 15 is 0 Å². The van der Waals surface area contributed by atoms with E-state index in [2.05, 4.69) is 0 Å². The Kier molecular flexibility index (Phi) is 4.28. The van der Waals surface area contributed by atoms with Crippen molar-refractivity contribution in [1.29, 1.82) is 0 Å². The molecule has 0 aromatic heterocycles. The molecule has 2 aromatic carbocycles. The molecular weight excluding hydrogens is 253 g/mol. The highest BCUT2D eigenvalue weighted by atomic mass is 19.1. The van der Waals surface area contributed by atoms with Crippen LogP contribution in [0.3, 0.4) is 0 Å². The highest BCUT2D eigenvalue weighted by Gasteiger charge is 2.11. The number of para-hydroxylation sites is 1. The van der Waals surface area contributed by atoms with Crippen LogP contribution in [-0.4, -0.2) is 11.7 Å². The second-order valence-electron chi connectivity index (χ2n) is 5.04. The summed E-state index contributed by atoms with van der Waals surface area (Å²) >= 11 is 0. The van der Waals surface area contributed by atoms with Gasteiger partial charge in [0.2, 0.25) is 0 Å². The molecule has 0 aliphatic rings. The fraction of sp³-hybridized carbons (Fsp3) is 0.294. The molecular formula is C17H20FNO. The zero-order chi connectivity index (χ0) is 14.7. The van der Waals surface area contributed by atoms with Crippen molar-refractivity contribution >= 4 is 5.69 Å². The molecule has 0 aliphatic heterocycles. The third kappa shape index (κ3) is 2.93. The van der Waals surface area contributed by atoms with Crippen LogP contribution in [0.5, 0.6) is 5.75 Å². The molecule has 20 heavy (non-hydrogen) atoms. The molecule has 0 amide bonds. The number of phenolic OH excluding ortho intramolecular Hbond substituents is 1. The van der Waals surface area contributed by atoms with Crippen LogP contribution < -0.4 is 4.90 Å². The number of nitrogens with zero attached hydrogens (tertiary/aromatic N) is 1. The highest BCUT2D eigenvalue weighted by molar-refractivity contribution is 5.49. The number of anilines is 1. The van der Waals surface area contributed by atoms with Gasteiger partial charge in [-0.1, -0.05) is 24.3 Å². The number of phenols is 1. The molecule has 0 aliphatic carbocycles. The van der Waals surface area contributed by atoms with E-state index in [0.717, 1.165) is 23.2 Å². The van der Waals surface area contributed by atoms with Gasteiger partial charge < -0.3 is 10.0 Å². The lowest BCUT2D eigenvalue weighted by Crippen LogP contribution is -2.23. The molecule has 2 nitrogen and oxygen atoms in total. The number of aromatic hydroxyl groups is 1. The van der Waals surface area contributed by atoms with Crippen LogP contribution in [0.4, 0.5) is 10.1 Å². The second kappa shape index (κ2) is 5.95. The number of hydrogen-bond acceptors (Lipinski definition) is 2. The topological polar surface area (TPSA) is 23.5 Å². The SMILES string of the molecule is CCN(Cc1cc(C)c(O)c(C)c1)c1ccccc1F. The Hall–Kier alpha value is -2.03. The maximum Gasteiger partial charge on any atom is 0.146 e. The summed E-state index contributed by atoms with van der Waals surface area (Å²) in [5, 5.41) is 9.81. The van der Waals surface area contributed by atoms with Gasteiger partial charge in [-0.2, -0.15) is 0 Å². The van der Waals surface area contributed by atoms with Crippen LogP contribution >= 0.6 is 0 Å². The van der Waals surface area contributed by atoms with Crippen LogP contribution in [0.1, 0.15) is 23.6 Å². The van der Waals surface area contributed by atoms with Crippen molar-refractivity contribution in [3.63, 3.8) is 0 Å². The third-order valence-corrected chi connectivity index (χ3v) is 3.50. The average Bonchev–Trinajstić information content (AvgIpc) is 2.43. The van der Waals surface area contributed by atoms with E-state index in [-0.39, 0.29) is 5.82 Å². The number of hydrogen-bond donors (Lipinski definition) is 1. The van der Waals surface area contributed by atoms with E-state index in [0.29, 0.717) is 18.0 Å². The van der Waals surface area contributed by atoms with Crippen molar-refractivity contribution < 1.29 is 9.50 Å². The van der Waals surface area contributed by atoms with Gasteiger partial charge in [-0.05, 0) is 49.6 Å². The quantitative estimate of drug-likeness (QED) is 0.903. The van der Waals surface area contributed by atoms with E-state index in [9.17, 15) is 9.50 Å². The standard InChI is InChI=1S/C17H20FNO/c1-4-19(16-8-6-5-7-15(16)18)11-14-9-12(2)17(20)13(3)10-14/h5-10,20H,4,11H2,1-3H3. The smallest absolute Gasteiger partial charge is 0.146 e. The fourth-order valence-corrected chi connectivity index (χ4v) is 2.43. The number of rotatable bonds is 4. The minimum Gasteiger partial charge on any atom is -0.507 e. The van der Waals surface area contributed by atoms with Crippen molar-refractivity contribution in [2.24, 2.45) is 0 Å². The van der Waals surface area contributed by atoms with Gasteiger partial charge in [0.15, 0.2) is 0 Å². The zero-order valence-corrected chi connectivity index (χ0v) is 12.2. The first kappa shape index (κ1) is 14.4. The summed E-state index contributed by atoms with van der Waals surface area (Å²) in [6, 6.07) is 10.7. The molecule has 0 saturated heterocycles. The monoisotopic (exact) mass is 273 g/mol. The maximum absolute atomic E-state index is 13.9. The Morgan fingerprint density at radius 2 is 1.70 bits per heavy atom. The third-order valence-electron chi connectivity index (χ3n) is 3.50. The Morgan fingerprint density at radius 1 is 1.10 bits per heavy atom. The van der Waals surface area contributed by atoms with Gasteiger partial charge in [-0.3, -0.25) is 0 Å². The normalized spacial score (nSPS) is 10.6. The first-order valence-corrected chi connectivity index (χ1v) is 6.81. The van der Waals surface area contributed by atoms with Crippen LogP contribution in [0, 0.1) is 19.7 Å². The molecule has 0 saturated carbocycles. The molecule has 0 bridgehead atoms. The van der Waals surface area contributed by atoms with E-state index in [1.165, 1.54) is 6.07 Å². The molecule has 0 unspecified atom stereocenters. The van der Waals surface area contributed by atoms with Crippen molar-refractivity contribution in [2.45, 2.75) is 27.3 Å². The molecule has 3 heteroatoms. The molecule has 1 N–H and O–H groups in total. The van der Waals surface area contributed by atoms with E-state index < -0.39 is 0 Å². The summed E-state index contributed by atoms with van der Waals surface area (Å²) in [6.07, 6.45) is 0. The van der Waals surface area contributed by atoms with Gasteiger partial charge >= 0.3 is 0 Å². The molecule has 106 valence electrons. The van der Waals surface area contributed by atoms with Crippen LogP contribution in [0.2, 0.25) is 0 Å². The Balaban J connectivity index is 2.30. The van der Waals surface area contributed by atoms with E-state index in [1.807, 2.05) is 43.9 Å². The van der Waals surface area contributed by atoms with Gasteiger partial charge in [0.1, 0.15) is 11.6 Å². The second-order valence-corrected chi connectivity index (χ2v) is 5.04. The molecule has 0 atom stereocenters. The van der Waals surface area contributed by atoms with E-state index in [1.54, 1.807) is 12.1 Å². The summed E-state index contributed by atoms with van der Waals surface area (Å²) in [4.78, 5) is 1.99.